The maximum atomic E-state index is 9.19. The first kappa shape index (κ1) is 12.2. The van der Waals surface area contributed by atoms with Gasteiger partial charge in [-0.25, -0.2) is 4.98 Å². The van der Waals surface area contributed by atoms with Gasteiger partial charge in [0.15, 0.2) is 0 Å². The van der Waals surface area contributed by atoms with Crippen molar-refractivity contribution in [2.24, 2.45) is 0 Å². The minimum absolute atomic E-state index is 0.130. The molecule has 0 fully saturated rings. The number of aromatic nitrogens is 2. The summed E-state index contributed by atoms with van der Waals surface area (Å²) in [5, 5.41) is 9.19. The molecule has 0 amide bonds. The normalized spacial score (nSPS) is 12.3. The third-order valence-electron chi connectivity index (χ3n) is 2.89. The van der Waals surface area contributed by atoms with Crippen molar-refractivity contribution in [2.75, 3.05) is 20.2 Å². The molecule has 1 aromatic rings. The minimum Gasteiger partial charge on any atom is -0.394 e. The zero-order valence-electron chi connectivity index (χ0n) is 9.85. The predicted octanol–water partition coefficient (Wildman–Crippen LogP) is 0.976. The molecule has 0 saturated carbocycles. The molecule has 0 aliphatic carbocycles. The Hall–Kier alpha value is -0.870. The number of aryl methyl sites for hydroxylation is 1. The summed E-state index contributed by atoms with van der Waals surface area (Å²) in [7, 11) is 2.05. The summed E-state index contributed by atoms with van der Waals surface area (Å²) < 4.78 is 2.07. The summed E-state index contributed by atoms with van der Waals surface area (Å²) in [5.74, 6) is 0. The maximum Gasteiger partial charge on any atom is 0.0945 e. The Morgan fingerprint density at radius 1 is 1.47 bits per heavy atom. The molecule has 0 spiro atoms. The van der Waals surface area contributed by atoms with Gasteiger partial charge in [0.05, 0.1) is 12.9 Å². The van der Waals surface area contributed by atoms with Gasteiger partial charge in [-0.15, -0.1) is 0 Å². The Balaban J connectivity index is 2.26. The van der Waals surface area contributed by atoms with Gasteiger partial charge >= 0.3 is 0 Å². The first-order valence-electron chi connectivity index (χ1n) is 5.34. The Morgan fingerprint density at radius 2 is 2.20 bits per heavy atom. The number of imidazole rings is 1. The second-order valence-electron chi connectivity index (χ2n) is 4.55. The first-order chi connectivity index (χ1) is 7.06. The zero-order valence-corrected chi connectivity index (χ0v) is 9.85. The van der Waals surface area contributed by atoms with Gasteiger partial charge in [-0.2, -0.15) is 0 Å². The fourth-order valence-corrected chi connectivity index (χ4v) is 1.33. The van der Waals surface area contributed by atoms with Crippen LogP contribution in [-0.4, -0.2) is 45.3 Å². The molecule has 86 valence electrons. The van der Waals surface area contributed by atoms with E-state index in [1.165, 1.54) is 0 Å². The van der Waals surface area contributed by atoms with Crippen LogP contribution >= 0.6 is 0 Å². The molecule has 0 bridgehead atoms. The van der Waals surface area contributed by atoms with Crippen LogP contribution in [0.5, 0.6) is 0 Å². The number of hydrogen-bond acceptors (Lipinski definition) is 3. The molecule has 0 aliphatic heterocycles. The molecule has 4 nitrogen and oxygen atoms in total. The van der Waals surface area contributed by atoms with E-state index >= 15 is 0 Å². The van der Waals surface area contributed by atoms with E-state index in [4.69, 9.17) is 0 Å². The summed E-state index contributed by atoms with van der Waals surface area (Å²) in [6.07, 6.45) is 6.66. The summed E-state index contributed by atoms with van der Waals surface area (Å²) >= 11 is 0. The van der Waals surface area contributed by atoms with Crippen molar-refractivity contribution in [3.63, 3.8) is 0 Å². The van der Waals surface area contributed by atoms with E-state index in [2.05, 4.69) is 14.5 Å². The van der Waals surface area contributed by atoms with Crippen molar-refractivity contribution < 1.29 is 5.11 Å². The van der Waals surface area contributed by atoms with Crippen LogP contribution in [0.1, 0.15) is 20.3 Å². The molecule has 0 unspecified atom stereocenters. The van der Waals surface area contributed by atoms with Crippen molar-refractivity contribution in [2.45, 2.75) is 32.4 Å². The van der Waals surface area contributed by atoms with Crippen molar-refractivity contribution >= 4 is 0 Å². The average Bonchev–Trinajstić information content (AvgIpc) is 2.70. The lowest BCUT2D eigenvalue weighted by Crippen LogP contribution is -2.44. The highest BCUT2D eigenvalue weighted by molar-refractivity contribution is 4.78. The summed E-state index contributed by atoms with van der Waals surface area (Å²) in [5.41, 5.74) is -0.130. The fourth-order valence-electron chi connectivity index (χ4n) is 1.33. The van der Waals surface area contributed by atoms with E-state index in [0.717, 1.165) is 19.5 Å². The van der Waals surface area contributed by atoms with Crippen LogP contribution in [-0.2, 0) is 6.54 Å². The molecule has 4 heteroatoms. The van der Waals surface area contributed by atoms with Gasteiger partial charge in [0.25, 0.3) is 0 Å². The highest BCUT2D eigenvalue weighted by Gasteiger charge is 2.21. The van der Waals surface area contributed by atoms with E-state index < -0.39 is 0 Å². The molecule has 0 atom stereocenters. The van der Waals surface area contributed by atoms with Crippen LogP contribution < -0.4 is 0 Å². The Labute approximate surface area is 91.5 Å². The van der Waals surface area contributed by atoms with E-state index in [0.29, 0.717) is 0 Å². The van der Waals surface area contributed by atoms with Crippen molar-refractivity contribution in [1.82, 2.24) is 14.5 Å². The van der Waals surface area contributed by atoms with Gasteiger partial charge in [0.1, 0.15) is 0 Å². The van der Waals surface area contributed by atoms with Crippen molar-refractivity contribution in [3.8, 4) is 0 Å². The SMILES string of the molecule is CN(CCCn1ccnc1)C(C)(C)CO. The molecule has 1 rings (SSSR count). The van der Waals surface area contributed by atoms with Crippen LogP contribution in [0.3, 0.4) is 0 Å². The lowest BCUT2D eigenvalue weighted by atomic mass is 10.1. The molecule has 0 saturated heterocycles. The van der Waals surface area contributed by atoms with Gasteiger partial charge in [-0.1, -0.05) is 0 Å². The van der Waals surface area contributed by atoms with Crippen LogP contribution in [0.15, 0.2) is 18.7 Å². The standard InChI is InChI=1S/C11H21N3O/c1-11(2,9-15)13(3)6-4-7-14-8-5-12-10-14/h5,8,10,15H,4,6-7,9H2,1-3H3. The topological polar surface area (TPSA) is 41.3 Å². The van der Waals surface area contributed by atoms with Crippen molar-refractivity contribution in [1.29, 1.82) is 0 Å². The number of rotatable bonds is 6. The largest absolute Gasteiger partial charge is 0.394 e. The molecule has 0 aromatic carbocycles. The quantitative estimate of drug-likeness (QED) is 0.762. The van der Waals surface area contributed by atoms with E-state index in [-0.39, 0.29) is 12.1 Å². The van der Waals surface area contributed by atoms with Crippen LogP contribution in [0.2, 0.25) is 0 Å². The maximum absolute atomic E-state index is 9.19. The summed E-state index contributed by atoms with van der Waals surface area (Å²) in [4.78, 5) is 6.18. The molecule has 1 aromatic heterocycles. The number of aliphatic hydroxyl groups is 1. The second-order valence-corrected chi connectivity index (χ2v) is 4.55. The van der Waals surface area contributed by atoms with E-state index in [1.807, 2.05) is 33.4 Å². The van der Waals surface area contributed by atoms with Crippen molar-refractivity contribution in [3.05, 3.63) is 18.7 Å². The van der Waals surface area contributed by atoms with Gasteiger partial charge in [0.2, 0.25) is 0 Å². The monoisotopic (exact) mass is 211 g/mol. The number of nitrogens with zero attached hydrogens (tertiary/aromatic N) is 3. The zero-order chi connectivity index (χ0) is 11.3. The number of hydrogen-bond donors (Lipinski definition) is 1. The molecule has 0 aliphatic rings. The molecular formula is C11H21N3O. The van der Waals surface area contributed by atoms with E-state index in [1.54, 1.807) is 6.20 Å². The van der Waals surface area contributed by atoms with Crippen LogP contribution in [0.4, 0.5) is 0 Å². The number of likely N-dealkylation sites (N-methyl/N-ethyl adjacent to an activating group) is 1. The molecule has 1 heterocycles. The van der Waals surface area contributed by atoms with Gasteiger partial charge in [-0.05, 0) is 27.3 Å². The lowest BCUT2D eigenvalue weighted by molar-refractivity contribution is 0.0773. The highest BCUT2D eigenvalue weighted by atomic mass is 16.3. The molecule has 15 heavy (non-hydrogen) atoms. The summed E-state index contributed by atoms with van der Waals surface area (Å²) in [6.45, 7) is 6.24. The fraction of sp³-hybridized carbons (Fsp3) is 0.727. The minimum atomic E-state index is -0.130. The third-order valence-corrected chi connectivity index (χ3v) is 2.89. The number of aliphatic hydroxyl groups excluding tert-OH is 1. The molecule has 0 radical (unpaired) electrons. The average molecular weight is 211 g/mol. The van der Waals surface area contributed by atoms with Gasteiger partial charge in [0, 0.05) is 31.0 Å². The Bertz CT molecular complexity index is 269. The smallest absolute Gasteiger partial charge is 0.0945 e. The first-order valence-corrected chi connectivity index (χ1v) is 5.34. The predicted molar refractivity (Wildman–Crippen MR) is 60.6 cm³/mol. The van der Waals surface area contributed by atoms with Gasteiger partial charge < -0.3 is 9.67 Å². The molecule has 1 N–H and O–H groups in total. The van der Waals surface area contributed by atoms with Crippen LogP contribution in [0.25, 0.3) is 0 Å². The second kappa shape index (κ2) is 5.28. The highest BCUT2D eigenvalue weighted by Crippen LogP contribution is 2.11. The van der Waals surface area contributed by atoms with E-state index in [9.17, 15) is 5.11 Å². The summed E-state index contributed by atoms with van der Waals surface area (Å²) in [6, 6.07) is 0. The third kappa shape index (κ3) is 3.64. The van der Waals surface area contributed by atoms with Crippen LogP contribution in [0, 0.1) is 0 Å². The Kier molecular flexibility index (Phi) is 4.29. The molecular weight excluding hydrogens is 190 g/mol. The lowest BCUT2D eigenvalue weighted by Gasteiger charge is -2.33. The van der Waals surface area contributed by atoms with Gasteiger partial charge in [-0.3, -0.25) is 4.90 Å². The Morgan fingerprint density at radius 3 is 2.73 bits per heavy atom.